The van der Waals surface area contributed by atoms with Crippen molar-refractivity contribution in [3.05, 3.63) is 73.6 Å². The van der Waals surface area contributed by atoms with Gasteiger partial charge in [-0.15, -0.1) is 11.3 Å². The fourth-order valence-corrected chi connectivity index (χ4v) is 3.97. The summed E-state index contributed by atoms with van der Waals surface area (Å²) in [5.41, 5.74) is 2.40. The van der Waals surface area contributed by atoms with Gasteiger partial charge in [-0.1, -0.05) is 29.8 Å². The summed E-state index contributed by atoms with van der Waals surface area (Å²) in [6.45, 7) is 1.87. The van der Waals surface area contributed by atoms with Gasteiger partial charge < -0.3 is 0 Å². The molecule has 0 aliphatic rings. The lowest BCUT2D eigenvalue weighted by molar-refractivity contribution is 0.105. The number of carbonyl (C=O) groups is 1. The van der Waals surface area contributed by atoms with Crippen molar-refractivity contribution in [2.75, 3.05) is 0 Å². The molecule has 2 aromatic heterocycles. The third-order valence-electron chi connectivity index (χ3n) is 3.29. The number of benzene rings is 1. The molecule has 0 fully saturated rings. The molecule has 6 heteroatoms. The van der Waals surface area contributed by atoms with Gasteiger partial charge in [-0.2, -0.15) is 5.10 Å². The summed E-state index contributed by atoms with van der Waals surface area (Å²) in [4.78, 5) is 12.9. The monoisotopic (exact) mass is 406 g/mol. The van der Waals surface area contributed by atoms with Crippen molar-refractivity contribution in [2.24, 2.45) is 0 Å². The van der Waals surface area contributed by atoms with E-state index in [0.29, 0.717) is 10.0 Å². The summed E-state index contributed by atoms with van der Waals surface area (Å²) in [7, 11) is 0. The van der Waals surface area contributed by atoms with Crippen molar-refractivity contribution < 1.29 is 4.79 Å². The van der Waals surface area contributed by atoms with Gasteiger partial charge in [0.05, 0.1) is 16.3 Å². The molecule has 0 aliphatic carbocycles. The molecule has 2 heterocycles. The van der Waals surface area contributed by atoms with Gasteiger partial charge in [0.1, 0.15) is 5.15 Å². The molecular formula is C17H12BrClN2OS. The summed E-state index contributed by atoms with van der Waals surface area (Å²) in [6, 6.07) is 11.5. The van der Waals surface area contributed by atoms with Crippen LogP contribution in [0.1, 0.15) is 20.9 Å². The maximum absolute atomic E-state index is 12.2. The Bertz CT molecular complexity index is 883. The summed E-state index contributed by atoms with van der Waals surface area (Å²) < 4.78 is 2.47. The van der Waals surface area contributed by atoms with Gasteiger partial charge in [0.15, 0.2) is 5.78 Å². The van der Waals surface area contributed by atoms with E-state index in [1.54, 1.807) is 10.8 Å². The lowest BCUT2D eigenvalue weighted by Crippen LogP contribution is -1.95. The highest BCUT2D eigenvalue weighted by molar-refractivity contribution is 9.10. The molecule has 0 atom stereocenters. The number of carbonyl (C=O) groups excluding carboxylic acids is 1. The zero-order valence-electron chi connectivity index (χ0n) is 12.2. The molecule has 0 N–H and O–H groups in total. The number of halogens is 2. The predicted molar refractivity (Wildman–Crippen MR) is 98.7 cm³/mol. The van der Waals surface area contributed by atoms with E-state index in [1.165, 1.54) is 17.4 Å². The number of ketones is 1. The van der Waals surface area contributed by atoms with E-state index in [-0.39, 0.29) is 5.78 Å². The first-order valence-electron chi connectivity index (χ1n) is 6.84. The molecule has 0 saturated carbocycles. The minimum Gasteiger partial charge on any atom is -0.288 e. The van der Waals surface area contributed by atoms with Gasteiger partial charge in [-0.25, -0.2) is 4.68 Å². The van der Waals surface area contributed by atoms with Crippen LogP contribution in [0.5, 0.6) is 0 Å². The van der Waals surface area contributed by atoms with Crippen LogP contribution in [0.4, 0.5) is 0 Å². The Morgan fingerprint density at radius 1 is 1.30 bits per heavy atom. The van der Waals surface area contributed by atoms with Crippen molar-refractivity contribution in [1.29, 1.82) is 0 Å². The minimum atomic E-state index is -0.0604. The number of nitrogens with zero attached hydrogens (tertiary/aromatic N) is 2. The molecule has 3 rings (SSSR count). The van der Waals surface area contributed by atoms with E-state index in [0.717, 1.165) is 21.4 Å². The quantitative estimate of drug-likeness (QED) is 0.419. The fourth-order valence-electron chi connectivity index (χ4n) is 2.15. The third-order valence-corrected chi connectivity index (χ3v) is 5.51. The van der Waals surface area contributed by atoms with E-state index in [1.807, 2.05) is 48.7 Å². The standard InChI is InChI=1S/C17H12BrClN2OS/c1-11-13(7-8-15(22)16-14(18)9-10-23-16)17(19)21(20-11)12-5-3-2-4-6-12/h2-10H,1H3/b8-7+. The molecule has 1 aromatic carbocycles. The van der Waals surface area contributed by atoms with Crippen molar-refractivity contribution in [3.8, 4) is 5.69 Å². The summed E-state index contributed by atoms with van der Waals surface area (Å²) in [5, 5.41) is 6.81. The Morgan fingerprint density at radius 3 is 2.70 bits per heavy atom. The summed E-state index contributed by atoms with van der Waals surface area (Å²) in [6.07, 6.45) is 3.25. The lowest BCUT2D eigenvalue weighted by Gasteiger charge is -2.01. The Morgan fingerprint density at radius 2 is 2.04 bits per heavy atom. The van der Waals surface area contributed by atoms with E-state index >= 15 is 0 Å². The number of aryl methyl sites for hydroxylation is 1. The Balaban J connectivity index is 1.92. The van der Waals surface area contributed by atoms with E-state index < -0.39 is 0 Å². The van der Waals surface area contributed by atoms with Crippen molar-refractivity contribution in [2.45, 2.75) is 6.92 Å². The Hall–Kier alpha value is -1.69. The minimum absolute atomic E-state index is 0.0604. The Kier molecular flexibility index (Phi) is 4.80. The SMILES string of the molecule is Cc1nn(-c2ccccc2)c(Cl)c1/C=C/C(=O)c1sccc1Br. The molecule has 0 unspecified atom stereocenters. The highest BCUT2D eigenvalue weighted by Gasteiger charge is 2.14. The molecule has 0 spiro atoms. The van der Waals surface area contributed by atoms with Gasteiger partial charge in [0.25, 0.3) is 0 Å². The number of allylic oxidation sites excluding steroid dienone is 1. The predicted octanol–water partition coefficient (Wildman–Crippen LogP) is 5.55. The molecule has 0 radical (unpaired) electrons. The van der Waals surface area contributed by atoms with Gasteiger partial charge in [-0.3, -0.25) is 4.79 Å². The average molecular weight is 408 g/mol. The normalized spacial score (nSPS) is 11.3. The molecule has 116 valence electrons. The number of rotatable bonds is 4. The number of thiophene rings is 1. The molecule has 3 nitrogen and oxygen atoms in total. The topological polar surface area (TPSA) is 34.9 Å². The number of hydrogen-bond donors (Lipinski definition) is 0. The van der Waals surface area contributed by atoms with Gasteiger partial charge in [0.2, 0.25) is 0 Å². The largest absolute Gasteiger partial charge is 0.288 e. The second-order valence-corrected chi connectivity index (χ2v) is 6.96. The highest BCUT2D eigenvalue weighted by atomic mass is 79.9. The van der Waals surface area contributed by atoms with Crippen LogP contribution < -0.4 is 0 Å². The van der Waals surface area contributed by atoms with Gasteiger partial charge in [-0.05, 0) is 58.6 Å². The molecule has 3 aromatic rings. The summed E-state index contributed by atoms with van der Waals surface area (Å²) in [5.74, 6) is -0.0604. The van der Waals surface area contributed by atoms with Crippen molar-refractivity contribution in [1.82, 2.24) is 9.78 Å². The summed E-state index contributed by atoms with van der Waals surface area (Å²) >= 11 is 11.2. The van der Waals surface area contributed by atoms with Crippen LogP contribution in [0.25, 0.3) is 11.8 Å². The first kappa shape index (κ1) is 16.2. The van der Waals surface area contributed by atoms with Crippen molar-refractivity contribution >= 4 is 50.7 Å². The number of para-hydroxylation sites is 1. The van der Waals surface area contributed by atoms with Crippen LogP contribution in [-0.4, -0.2) is 15.6 Å². The highest BCUT2D eigenvalue weighted by Crippen LogP contribution is 2.26. The molecule has 23 heavy (non-hydrogen) atoms. The number of aromatic nitrogens is 2. The van der Waals surface area contributed by atoms with Crippen LogP contribution in [0.15, 0.2) is 52.3 Å². The van der Waals surface area contributed by atoms with Gasteiger partial charge in [0, 0.05) is 10.0 Å². The van der Waals surface area contributed by atoms with Crippen LogP contribution in [0, 0.1) is 6.92 Å². The maximum atomic E-state index is 12.2. The smallest absolute Gasteiger partial charge is 0.196 e. The zero-order chi connectivity index (χ0) is 16.4. The molecule has 0 amide bonds. The van der Waals surface area contributed by atoms with E-state index in [9.17, 15) is 4.79 Å². The van der Waals surface area contributed by atoms with E-state index in [2.05, 4.69) is 21.0 Å². The lowest BCUT2D eigenvalue weighted by atomic mass is 10.2. The van der Waals surface area contributed by atoms with Crippen LogP contribution >= 0.6 is 38.9 Å². The fraction of sp³-hybridized carbons (Fsp3) is 0.0588. The second-order valence-electron chi connectivity index (χ2n) is 4.83. The number of hydrogen-bond acceptors (Lipinski definition) is 3. The zero-order valence-corrected chi connectivity index (χ0v) is 15.3. The molecule has 0 saturated heterocycles. The van der Waals surface area contributed by atoms with Crippen LogP contribution in [0.3, 0.4) is 0 Å². The third kappa shape index (κ3) is 3.32. The Labute approximate surface area is 151 Å². The van der Waals surface area contributed by atoms with E-state index in [4.69, 9.17) is 11.6 Å². The average Bonchev–Trinajstić information content (AvgIpc) is 3.10. The maximum Gasteiger partial charge on any atom is 0.196 e. The molecular weight excluding hydrogens is 396 g/mol. The molecule has 0 bridgehead atoms. The first-order chi connectivity index (χ1) is 11.1. The second kappa shape index (κ2) is 6.83. The molecule has 0 aliphatic heterocycles. The first-order valence-corrected chi connectivity index (χ1v) is 8.89. The van der Waals surface area contributed by atoms with Crippen LogP contribution in [-0.2, 0) is 0 Å². The van der Waals surface area contributed by atoms with Gasteiger partial charge >= 0.3 is 0 Å². The van der Waals surface area contributed by atoms with Crippen LogP contribution in [0.2, 0.25) is 5.15 Å². The van der Waals surface area contributed by atoms with Crippen molar-refractivity contribution in [3.63, 3.8) is 0 Å².